The first-order chi connectivity index (χ1) is 11.5. The molecule has 0 saturated heterocycles. The van der Waals surface area contributed by atoms with E-state index >= 15 is 0 Å². The summed E-state index contributed by atoms with van der Waals surface area (Å²) in [6.07, 6.45) is 1.65. The zero-order chi connectivity index (χ0) is 17.1. The molecule has 130 valence electrons. The summed E-state index contributed by atoms with van der Waals surface area (Å²) in [4.78, 5) is 18.9. The van der Waals surface area contributed by atoms with Crippen molar-refractivity contribution >= 4 is 59.0 Å². The molecule has 0 fully saturated rings. The van der Waals surface area contributed by atoms with E-state index in [2.05, 4.69) is 20.6 Å². The topological polar surface area (TPSA) is 95.8 Å². The Balaban J connectivity index is 0.00000225. The fourth-order valence-electron chi connectivity index (χ4n) is 2.14. The highest BCUT2D eigenvalue weighted by Gasteiger charge is 2.06. The van der Waals surface area contributed by atoms with Gasteiger partial charge in [-0.15, -0.1) is 12.4 Å². The lowest BCUT2D eigenvalue weighted by atomic mass is 10.1. The second-order valence-corrected chi connectivity index (χ2v) is 5.87. The molecule has 0 saturated carbocycles. The van der Waals surface area contributed by atoms with Crippen molar-refractivity contribution in [2.75, 3.05) is 16.4 Å². The number of amides is 2. The number of halogens is 3. The third-order valence-corrected chi connectivity index (χ3v) is 3.61. The number of benzene rings is 2. The van der Waals surface area contributed by atoms with Crippen LogP contribution in [-0.2, 0) is 0 Å². The molecule has 3 rings (SSSR count). The van der Waals surface area contributed by atoms with Crippen LogP contribution in [0.1, 0.15) is 0 Å². The van der Waals surface area contributed by atoms with E-state index in [1.807, 2.05) is 12.1 Å². The number of imidazole rings is 1. The summed E-state index contributed by atoms with van der Waals surface area (Å²) >= 11 is 11.8. The Kier molecular flexibility index (Phi) is 6.14. The van der Waals surface area contributed by atoms with Crippen molar-refractivity contribution in [3.05, 3.63) is 58.7 Å². The van der Waals surface area contributed by atoms with Crippen molar-refractivity contribution in [1.29, 1.82) is 0 Å². The van der Waals surface area contributed by atoms with Gasteiger partial charge in [0.2, 0.25) is 0 Å². The summed E-state index contributed by atoms with van der Waals surface area (Å²) in [5.74, 6) is 0.353. The van der Waals surface area contributed by atoms with Gasteiger partial charge >= 0.3 is 6.03 Å². The fraction of sp³-hybridized carbons (Fsp3) is 0. The molecule has 0 atom stereocenters. The molecule has 0 spiro atoms. The van der Waals surface area contributed by atoms with Crippen molar-refractivity contribution < 1.29 is 4.79 Å². The van der Waals surface area contributed by atoms with Gasteiger partial charge in [-0.05, 0) is 35.9 Å². The number of rotatable bonds is 3. The van der Waals surface area contributed by atoms with E-state index in [0.717, 1.165) is 11.3 Å². The largest absolute Gasteiger partial charge is 0.369 e. The summed E-state index contributed by atoms with van der Waals surface area (Å²) in [5.41, 5.74) is 8.41. The van der Waals surface area contributed by atoms with Gasteiger partial charge in [0.25, 0.3) is 0 Å². The number of anilines is 3. The number of H-pyrrole nitrogens is 1. The van der Waals surface area contributed by atoms with E-state index in [-0.39, 0.29) is 12.4 Å². The minimum atomic E-state index is -0.396. The van der Waals surface area contributed by atoms with Gasteiger partial charge < -0.3 is 21.4 Å². The van der Waals surface area contributed by atoms with E-state index in [1.54, 1.807) is 36.5 Å². The van der Waals surface area contributed by atoms with E-state index in [4.69, 9.17) is 28.9 Å². The number of urea groups is 1. The Hall–Kier alpha value is -2.41. The van der Waals surface area contributed by atoms with Crippen LogP contribution in [0.25, 0.3) is 11.3 Å². The van der Waals surface area contributed by atoms with Crippen molar-refractivity contribution in [3.63, 3.8) is 0 Å². The van der Waals surface area contributed by atoms with Crippen molar-refractivity contribution in [1.82, 2.24) is 9.97 Å². The zero-order valence-corrected chi connectivity index (χ0v) is 15.0. The van der Waals surface area contributed by atoms with Crippen molar-refractivity contribution in [2.45, 2.75) is 0 Å². The molecule has 9 heteroatoms. The minimum absolute atomic E-state index is 0. The summed E-state index contributed by atoms with van der Waals surface area (Å²) in [6, 6.07) is 11.7. The molecule has 1 aromatic heterocycles. The third kappa shape index (κ3) is 5.03. The van der Waals surface area contributed by atoms with Crippen LogP contribution in [0.15, 0.2) is 48.7 Å². The monoisotopic (exact) mass is 397 g/mol. The second-order valence-electron chi connectivity index (χ2n) is 5.00. The van der Waals surface area contributed by atoms with Crippen molar-refractivity contribution in [3.8, 4) is 11.3 Å². The van der Waals surface area contributed by atoms with E-state index < -0.39 is 6.03 Å². The number of aromatic nitrogens is 2. The lowest BCUT2D eigenvalue weighted by molar-refractivity contribution is 0.262. The molecule has 5 N–H and O–H groups in total. The molecule has 6 nitrogen and oxygen atoms in total. The van der Waals surface area contributed by atoms with Gasteiger partial charge in [-0.3, -0.25) is 0 Å². The SMILES string of the molecule is Cl.Nc1ncc(-c2ccc(NC(=O)Nc3cc(Cl)cc(Cl)c3)cc2)[nH]1. The molecule has 0 aliphatic carbocycles. The number of hydrogen-bond acceptors (Lipinski definition) is 3. The average Bonchev–Trinajstić information content (AvgIpc) is 2.93. The van der Waals surface area contributed by atoms with Gasteiger partial charge in [0.05, 0.1) is 11.9 Å². The number of carbonyl (C=O) groups is 1. The van der Waals surface area contributed by atoms with Crippen LogP contribution in [-0.4, -0.2) is 16.0 Å². The average molecular weight is 399 g/mol. The third-order valence-electron chi connectivity index (χ3n) is 3.17. The molecule has 0 bridgehead atoms. The highest BCUT2D eigenvalue weighted by atomic mass is 35.5. The molecule has 0 aliphatic heterocycles. The van der Waals surface area contributed by atoms with Gasteiger partial charge in [0, 0.05) is 21.4 Å². The molecule has 3 aromatic rings. The Morgan fingerprint density at radius 1 is 1.00 bits per heavy atom. The Morgan fingerprint density at radius 3 is 2.16 bits per heavy atom. The summed E-state index contributed by atoms with van der Waals surface area (Å²) < 4.78 is 0. The normalized spacial score (nSPS) is 10.0. The van der Waals surface area contributed by atoms with Crippen LogP contribution in [0.3, 0.4) is 0 Å². The van der Waals surface area contributed by atoms with Gasteiger partial charge in [-0.2, -0.15) is 0 Å². The predicted octanol–water partition coefficient (Wildman–Crippen LogP) is 5.03. The Bertz CT molecular complexity index is 859. The maximum absolute atomic E-state index is 12.0. The number of nitrogens with two attached hydrogens (primary N) is 1. The Morgan fingerprint density at radius 2 is 1.60 bits per heavy atom. The summed E-state index contributed by atoms with van der Waals surface area (Å²) in [6.45, 7) is 0. The van der Waals surface area contributed by atoms with E-state index in [9.17, 15) is 4.79 Å². The lowest BCUT2D eigenvalue weighted by Gasteiger charge is -2.09. The molecule has 2 aromatic carbocycles. The molecule has 0 radical (unpaired) electrons. The van der Waals surface area contributed by atoms with Crippen LogP contribution in [0.4, 0.5) is 22.1 Å². The smallest absolute Gasteiger partial charge is 0.323 e. The van der Waals surface area contributed by atoms with E-state index in [0.29, 0.717) is 27.4 Å². The van der Waals surface area contributed by atoms with Gasteiger partial charge in [-0.1, -0.05) is 35.3 Å². The first-order valence-electron chi connectivity index (χ1n) is 6.94. The van der Waals surface area contributed by atoms with Crippen LogP contribution < -0.4 is 16.4 Å². The number of hydrogen-bond donors (Lipinski definition) is 4. The molecular formula is C16H14Cl3N5O. The van der Waals surface area contributed by atoms with Gasteiger partial charge in [0.15, 0.2) is 5.95 Å². The molecule has 1 heterocycles. The fourth-order valence-corrected chi connectivity index (χ4v) is 2.66. The molecule has 0 unspecified atom stereocenters. The summed E-state index contributed by atoms with van der Waals surface area (Å²) in [7, 11) is 0. The molecule has 25 heavy (non-hydrogen) atoms. The van der Waals surface area contributed by atoms with Crippen LogP contribution >= 0.6 is 35.6 Å². The maximum atomic E-state index is 12.0. The lowest BCUT2D eigenvalue weighted by Crippen LogP contribution is -2.19. The highest BCUT2D eigenvalue weighted by molar-refractivity contribution is 6.35. The second kappa shape index (κ2) is 8.11. The Labute approximate surface area is 160 Å². The standard InChI is InChI=1S/C16H13Cl2N5O.ClH/c17-10-5-11(18)7-13(6-10)22-16(24)21-12-3-1-9(2-4-12)14-8-20-15(19)23-14;/h1-8H,(H3,19,20,23)(H2,21,22,24);1H. The summed E-state index contributed by atoms with van der Waals surface area (Å²) in [5, 5.41) is 6.29. The molecular weight excluding hydrogens is 385 g/mol. The van der Waals surface area contributed by atoms with Crippen LogP contribution in [0.5, 0.6) is 0 Å². The van der Waals surface area contributed by atoms with Crippen LogP contribution in [0.2, 0.25) is 10.0 Å². The number of aromatic amines is 1. The van der Waals surface area contributed by atoms with Gasteiger partial charge in [0.1, 0.15) is 0 Å². The number of carbonyl (C=O) groups excluding carboxylic acids is 1. The zero-order valence-electron chi connectivity index (χ0n) is 12.7. The number of nitrogens with zero attached hydrogens (tertiary/aromatic N) is 1. The van der Waals surface area contributed by atoms with E-state index in [1.165, 1.54) is 0 Å². The molecule has 2 amide bonds. The first kappa shape index (κ1) is 18.9. The first-order valence-corrected chi connectivity index (χ1v) is 7.70. The molecule has 0 aliphatic rings. The number of nitrogen functional groups attached to an aromatic ring is 1. The van der Waals surface area contributed by atoms with Crippen molar-refractivity contribution in [2.24, 2.45) is 0 Å². The predicted molar refractivity (Wildman–Crippen MR) is 105 cm³/mol. The van der Waals surface area contributed by atoms with Gasteiger partial charge in [-0.25, -0.2) is 9.78 Å². The maximum Gasteiger partial charge on any atom is 0.323 e. The number of nitrogens with one attached hydrogen (secondary N) is 3. The highest BCUT2D eigenvalue weighted by Crippen LogP contribution is 2.23. The quantitative estimate of drug-likeness (QED) is 0.498. The van der Waals surface area contributed by atoms with Crippen LogP contribution in [0, 0.1) is 0 Å². The minimum Gasteiger partial charge on any atom is -0.369 e.